The molecular formula is C25H34N4O6S2. The molecule has 12 heteroatoms. The Morgan fingerprint density at radius 3 is 2.46 bits per heavy atom. The molecule has 2 saturated carbocycles. The fourth-order valence-electron chi connectivity index (χ4n) is 4.38. The number of carbonyl (C=O) groups is 2. The largest absolute Gasteiger partial charge is 0.465 e. The van der Waals surface area contributed by atoms with E-state index in [9.17, 15) is 18.0 Å². The van der Waals surface area contributed by atoms with Crippen molar-refractivity contribution in [2.45, 2.75) is 81.7 Å². The average molecular weight is 551 g/mol. The standard InChI is InChI=1S/C25H34N4O6S2/c1-25(2,3)29-37(33,34)21-12-18(28-24(32)35-14-15-4-5-15)10-11-19(21)20-13-26-22(36-20)16-6-8-17(9-7-16)27-23(30)31/h10-13,15-17,27,29H,4-9,14H2,1-3H3,(H,28,32)(H,30,31). The Bertz CT molecular complexity index is 1240. The van der Waals surface area contributed by atoms with E-state index in [1.807, 2.05) is 0 Å². The molecule has 4 N–H and O–H groups in total. The molecule has 2 aliphatic rings. The SMILES string of the molecule is CC(C)(C)NS(=O)(=O)c1cc(NC(=O)OCC2CC2)ccc1-c1cnc(C2CCC(NC(=O)O)CC2)s1. The van der Waals surface area contributed by atoms with Gasteiger partial charge in [0.15, 0.2) is 0 Å². The molecule has 4 rings (SSSR count). The quantitative estimate of drug-likeness (QED) is 0.356. The molecule has 0 saturated heterocycles. The highest BCUT2D eigenvalue weighted by Gasteiger charge is 2.29. The second-order valence-corrected chi connectivity index (χ2v) is 13.5. The van der Waals surface area contributed by atoms with Gasteiger partial charge in [-0.3, -0.25) is 5.32 Å². The maximum Gasteiger partial charge on any atom is 0.411 e. The highest BCUT2D eigenvalue weighted by molar-refractivity contribution is 7.89. The van der Waals surface area contributed by atoms with Gasteiger partial charge in [-0.15, -0.1) is 11.3 Å². The van der Waals surface area contributed by atoms with Crippen molar-refractivity contribution in [2.24, 2.45) is 5.92 Å². The third-order valence-electron chi connectivity index (χ3n) is 6.30. The molecule has 2 amide bonds. The van der Waals surface area contributed by atoms with Crippen LogP contribution in [0.25, 0.3) is 10.4 Å². The highest BCUT2D eigenvalue weighted by Crippen LogP contribution is 2.40. The normalized spacial score (nSPS) is 20.3. The molecule has 0 radical (unpaired) electrons. The van der Waals surface area contributed by atoms with Gasteiger partial charge < -0.3 is 15.2 Å². The molecule has 10 nitrogen and oxygen atoms in total. The minimum absolute atomic E-state index is 0.0481. The molecule has 0 bridgehead atoms. The number of carbonyl (C=O) groups excluding carboxylic acids is 1. The fourth-order valence-corrected chi connectivity index (χ4v) is 7.23. The maximum absolute atomic E-state index is 13.4. The van der Waals surface area contributed by atoms with Crippen molar-refractivity contribution < 1.29 is 27.9 Å². The second-order valence-electron chi connectivity index (χ2n) is 10.8. The van der Waals surface area contributed by atoms with Gasteiger partial charge in [0, 0.05) is 34.9 Å². The summed E-state index contributed by atoms with van der Waals surface area (Å²) in [5.41, 5.74) is 0.121. The van der Waals surface area contributed by atoms with Crippen LogP contribution in [0.5, 0.6) is 0 Å². The number of amides is 2. The number of thiazole rings is 1. The van der Waals surface area contributed by atoms with Crippen molar-refractivity contribution in [3.05, 3.63) is 29.4 Å². The van der Waals surface area contributed by atoms with Gasteiger partial charge in [0.2, 0.25) is 10.0 Å². The summed E-state index contributed by atoms with van der Waals surface area (Å²) in [6.45, 7) is 5.66. The van der Waals surface area contributed by atoms with E-state index in [0.717, 1.165) is 43.5 Å². The van der Waals surface area contributed by atoms with E-state index in [-0.39, 0.29) is 16.9 Å². The van der Waals surface area contributed by atoms with E-state index >= 15 is 0 Å². The predicted molar refractivity (Wildman–Crippen MR) is 141 cm³/mol. The van der Waals surface area contributed by atoms with Gasteiger partial charge in [0.1, 0.15) is 0 Å². The Kier molecular flexibility index (Phi) is 8.10. The minimum Gasteiger partial charge on any atom is -0.465 e. The second kappa shape index (κ2) is 11.0. The van der Waals surface area contributed by atoms with E-state index in [1.54, 1.807) is 39.1 Å². The van der Waals surface area contributed by atoms with Crippen molar-refractivity contribution in [2.75, 3.05) is 11.9 Å². The van der Waals surface area contributed by atoms with Crippen LogP contribution in [0.3, 0.4) is 0 Å². The molecule has 202 valence electrons. The van der Waals surface area contributed by atoms with Crippen LogP contribution >= 0.6 is 11.3 Å². The van der Waals surface area contributed by atoms with E-state index in [4.69, 9.17) is 9.84 Å². The van der Waals surface area contributed by atoms with Gasteiger partial charge in [0.05, 0.1) is 21.4 Å². The first kappa shape index (κ1) is 27.3. The number of aromatic nitrogens is 1. The van der Waals surface area contributed by atoms with Gasteiger partial charge in [-0.25, -0.2) is 27.7 Å². The average Bonchev–Trinajstić information content (AvgIpc) is 3.50. The number of nitrogens with one attached hydrogen (secondary N) is 3. The fraction of sp³-hybridized carbons (Fsp3) is 0.560. The molecule has 37 heavy (non-hydrogen) atoms. The lowest BCUT2D eigenvalue weighted by atomic mass is 9.86. The van der Waals surface area contributed by atoms with Crippen LogP contribution < -0.4 is 15.4 Å². The molecule has 2 aromatic rings. The molecular weight excluding hydrogens is 516 g/mol. The molecule has 1 aromatic carbocycles. The van der Waals surface area contributed by atoms with E-state index in [1.165, 1.54) is 17.4 Å². The number of carboxylic acid groups (broad SMARTS) is 1. The number of benzene rings is 1. The third-order valence-corrected chi connectivity index (χ3v) is 9.29. The van der Waals surface area contributed by atoms with E-state index < -0.39 is 27.7 Å². The molecule has 0 unspecified atom stereocenters. The highest BCUT2D eigenvalue weighted by atomic mass is 32.2. The molecule has 0 atom stereocenters. The molecule has 1 heterocycles. The molecule has 0 aliphatic heterocycles. The molecule has 2 fully saturated rings. The van der Waals surface area contributed by atoms with Gasteiger partial charge in [-0.2, -0.15) is 0 Å². The summed E-state index contributed by atoms with van der Waals surface area (Å²) in [4.78, 5) is 28.5. The number of hydrogen-bond donors (Lipinski definition) is 4. The number of hydrogen-bond acceptors (Lipinski definition) is 7. The van der Waals surface area contributed by atoms with Crippen molar-refractivity contribution in [3.8, 4) is 10.4 Å². The van der Waals surface area contributed by atoms with Crippen LogP contribution in [0.15, 0.2) is 29.3 Å². The Balaban J connectivity index is 1.57. The summed E-state index contributed by atoms with van der Waals surface area (Å²) in [6.07, 6.45) is 5.26. The summed E-state index contributed by atoms with van der Waals surface area (Å²) < 4.78 is 34.7. The Hall–Kier alpha value is -2.70. The first-order valence-electron chi connectivity index (χ1n) is 12.5. The van der Waals surface area contributed by atoms with Crippen LogP contribution in [0, 0.1) is 5.92 Å². The summed E-state index contributed by atoms with van der Waals surface area (Å²) in [5, 5.41) is 15.0. The number of anilines is 1. The van der Waals surface area contributed by atoms with Crippen LogP contribution in [0.1, 0.15) is 70.2 Å². The van der Waals surface area contributed by atoms with Crippen molar-refractivity contribution in [1.29, 1.82) is 0 Å². The Morgan fingerprint density at radius 2 is 1.84 bits per heavy atom. The lowest BCUT2D eigenvalue weighted by Crippen LogP contribution is -2.40. The number of sulfonamides is 1. The first-order valence-corrected chi connectivity index (χ1v) is 14.8. The molecule has 1 aromatic heterocycles. The van der Waals surface area contributed by atoms with Crippen LogP contribution in [-0.4, -0.2) is 48.9 Å². The zero-order chi connectivity index (χ0) is 26.8. The van der Waals surface area contributed by atoms with Crippen LogP contribution in [0.2, 0.25) is 0 Å². The zero-order valence-electron chi connectivity index (χ0n) is 21.2. The summed E-state index contributed by atoms with van der Waals surface area (Å²) in [6, 6.07) is 4.73. The van der Waals surface area contributed by atoms with Crippen LogP contribution in [-0.2, 0) is 14.8 Å². The van der Waals surface area contributed by atoms with Gasteiger partial charge >= 0.3 is 12.2 Å². The smallest absolute Gasteiger partial charge is 0.411 e. The topological polar surface area (TPSA) is 147 Å². The summed E-state index contributed by atoms with van der Waals surface area (Å²) in [7, 11) is -3.93. The molecule has 2 aliphatic carbocycles. The van der Waals surface area contributed by atoms with E-state index in [2.05, 4.69) is 20.3 Å². The lowest BCUT2D eigenvalue weighted by Gasteiger charge is -2.27. The number of nitrogens with zero attached hydrogens (tertiary/aromatic N) is 1. The first-order chi connectivity index (χ1) is 17.4. The predicted octanol–water partition coefficient (Wildman–Crippen LogP) is 5.14. The van der Waals surface area contributed by atoms with Gasteiger partial charge in [-0.05, 0) is 77.3 Å². The monoisotopic (exact) mass is 550 g/mol. The van der Waals surface area contributed by atoms with Crippen molar-refractivity contribution >= 4 is 39.2 Å². The van der Waals surface area contributed by atoms with Crippen molar-refractivity contribution in [3.63, 3.8) is 0 Å². The third kappa shape index (κ3) is 7.65. The number of ether oxygens (including phenoxy) is 1. The minimum atomic E-state index is -3.93. The summed E-state index contributed by atoms with van der Waals surface area (Å²) in [5.74, 6) is 0.615. The Morgan fingerprint density at radius 1 is 1.14 bits per heavy atom. The lowest BCUT2D eigenvalue weighted by molar-refractivity contribution is 0.156. The van der Waals surface area contributed by atoms with Gasteiger partial charge in [0.25, 0.3) is 0 Å². The summed E-state index contributed by atoms with van der Waals surface area (Å²) >= 11 is 1.44. The Labute approximate surface area is 221 Å². The van der Waals surface area contributed by atoms with Gasteiger partial charge in [-0.1, -0.05) is 6.07 Å². The van der Waals surface area contributed by atoms with E-state index in [0.29, 0.717) is 28.7 Å². The zero-order valence-corrected chi connectivity index (χ0v) is 22.9. The maximum atomic E-state index is 13.4. The van der Waals surface area contributed by atoms with Crippen molar-refractivity contribution in [1.82, 2.24) is 15.0 Å². The molecule has 0 spiro atoms. The van der Waals surface area contributed by atoms with Crippen LogP contribution in [0.4, 0.5) is 15.3 Å². The number of rotatable bonds is 8.